The highest BCUT2D eigenvalue weighted by Gasteiger charge is 2.34. The Morgan fingerprint density at radius 3 is 2.91 bits per heavy atom. The molecule has 0 N–H and O–H groups in total. The standard InChI is InChI=1S/C24H29FN2O5S/c1-30-16-24(29)26(13-17-5-4-11-31-17)14-23(28)27-10-8-22-18(9-12-33-22)20(27)15-32-21-7-3-2-6-19(21)25/h2-3,6-7,9,12,17,20H,4-5,8,10-11,13-16H2,1H3/t17-,20-/m0/s1. The zero-order chi connectivity index (χ0) is 23.2. The van der Waals surface area contributed by atoms with Crippen LogP contribution in [0.15, 0.2) is 35.7 Å². The quantitative estimate of drug-likeness (QED) is 0.557. The van der Waals surface area contributed by atoms with Crippen molar-refractivity contribution >= 4 is 23.2 Å². The fourth-order valence-electron chi connectivity index (χ4n) is 4.36. The van der Waals surface area contributed by atoms with Crippen LogP contribution in [-0.2, 0) is 25.5 Å². The molecule has 2 aliphatic rings. The molecule has 0 bridgehead atoms. The van der Waals surface area contributed by atoms with Crippen molar-refractivity contribution in [2.45, 2.75) is 31.4 Å². The number of carbonyl (C=O) groups excluding carboxylic acids is 2. The van der Waals surface area contributed by atoms with Crippen molar-refractivity contribution in [2.24, 2.45) is 0 Å². The number of carbonyl (C=O) groups is 2. The van der Waals surface area contributed by atoms with E-state index < -0.39 is 5.82 Å². The molecule has 2 aromatic rings. The molecule has 0 saturated carbocycles. The largest absolute Gasteiger partial charge is 0.488 e. The van der Waals surface area contributed by atoms with E-state index in [1.807, 2.05) is 11.4 Å². The summed E-state index contributed by atoms with van der Waals surface area (Å²) in [6.45, 7) is 1.54. The fourth-order valence-corrected chi connectivity index (χ4v) is 5.29. The lowest BCUT2D eigenvalue weighted by atomic mass is 10.0. The highest BCUT2D eigenvalue weighted by atomic mass is 32.1. The van der Waals surface area contributed by atoms with Gasteiger partial charge in [0, 0.05) is 31.7 Å². The van der Waals surface area contributed by atoms with E-state index in [-0.39, 0.29) is 49.5 Å². The van der Waals surface area contributed by atoms with Crippen LogP contribution in [0.25, 0.3) is 0 Å². The smallest absolute Gasteiger partial charge is 0.249 e. The van der Waals surface area contributed by atoms with Gasteiger partial charge in [0.2, 0.25) is 11.8 Å². The predicted molar refractivity (Wildman–Crippen MR) is 122 cm³/mol. The van der Waals surface area contributed by atoms with Gasteiger partial charge in [-0.15, -0.1) is 11.3 Å². The van der Waals surface area contributed by atoms with Crippen molar-refractivity contribution in [1.82, 2.24) is 9.80 Å². The maximum Gasteiger partial charge on any atom is 0.249 e. The number of nitrogens with zero attached hydrogens (tertiary/aromatic N) is 2. The molecule has 1 saturated heterocycles. The van der Waals surface area contributed by atoms with E-state index >= 15 is 0 Å². The van der Waals surface area contributed by atoms with Gasteiger partial charge in [-0.3, -0.25) is 9.59 Å². The first-order chi connectivity index (χ1) is 16.1. The number of fused-ring (bicyclic) bond motifs is 1. The summed E-state index contributed by atoms with van der Waals surface area (Å²) in [5.74, 6) is -0.697. The minimum atomic E-state index is -0.440. The molecule has 1 aromatic carbocycles. The van der Waals surface area contributed by atoms with Gasteiger partial charge in [-0.2, -0.15) is 0 Å². The van der Waals surface area contributed by atoms with E-state index in [2.05, 4.69) is 0 Å². The van der Waals surface area contributed by atoms with E-state index in [1.54, 1.807) is 34.4 Å². The molecule has 9 heteroatoms. The number of rotatable bonds is 9. The molecule has 7 nitrogen and oxygen atoms in total. The van der Waals surface area contributed by atoms with Crippen molar-refractivity contribution in [1.29, 1.82) is 0 Å². The second-order valence-corrected chi connectivity index (χ2v) is 9.24. The molecule has 2 aliphatic heterocycles. The zero-order valence-electron chi connectivity index (χ0n) is 18.7. The number of ether oxygens (including phenoxy) is 3. The minimum Gasteiger partial charge on any atom is -0.488 e. The van der Waals surface area contributed by atoms with Crippen LogP contribution in [0.1, 0.15) is 29.3 Å². The molecule has 1 aromatic heterocycles. The first-order valence-electron chi connectivity index (χ1n) is 11.2. The second-order valence-electron chi connectivity index (χ2n) is 8.24. The van der Waals surface area contributed by atoms with Crippen LogP contribution in [-0.4, -0.2) is 74.3 Å². The van der Waals surface area contributed by atoms with E-state index in [0.717, 1.165) is 24.8 Å². The Kier molecular flexibility index (Phi) is 7.95. The Hall–Kier alpha value is -2.49. The van der Waals surface area contributed by atoms with Crippen LogP contribution in [0.5, 0.6) is 5.75 Å². The third-order valence-electron chi connectivity index (χ3n) is 6.04. The molecule has 4 rings (SSSR count). The summed E-state index contributed by atoms with van der Waals surface area (Å²) in [4.78, 5) is 30.6. The molecular weight excluding hydrogens is 447 g/mol. The van der Waals surface area contributed by atoms with E-state index in [0.29, 0.717) is 19.7 Å². The van der Waals surface area contributed by atoms with Gasteiger partial charge >= 0.3 is 0 Å². The number of hydrogen-bond donors (Lipinski definition) is 0. The van der Waals surface area contributed by atoms with Crippen molar-refractivity contribution < 1.29 is 28.2 Å². The Morgan fingerprint density at radius 1 is 1.30 bits per heavy atom. The van der Waals surface area contributed by atoms with Crippen molar-refractivity contribution in [2.75, 3.05) is 46.6 Å². The predicted octanol–water partition coefficient (Wildman–Crippen LogP) is 3.05. The van der Waals surface area contributed by atoms with E-state index in [1.165, 1.54) is 23.0 Å². The van der Waals surface area contributed by atoms with Crippen LogP contribution in [0.3, 0.4) is 0 Å². The van der Waals surface area contributed by atoms with Gasteiger partial charge < -0.3 is 24.0 Å². The van der Waals surface area contributed by atoms with Gasteiger partial charge in [-0.1, -0.05) is 12.1 Å². The summed E-state index contributed by atoms with van der Waals surface area (Å²) in [7, 11) is 1.46. The van der Waals surface area contributed by atoms with Crippen molar-refractivity contribution in [3.8, 4) is 5.75 Å². The number of methoxy groups -OCH3 is 1. The molecule has 33 heavy (non-hydrogen) atoms. The molecule has 2 amide bonds. The average molecular weight is 477 g/mol. The lowest BCUT2D eigenvalue weighted by Gasteiger charge is -2.37. The summed E-state index contributed by atoms with van der Waals surface area (Å²) in [6, 6.07) is 7.88. The van der Waals surface area contributed by atoms with Crippen molar-refractivity contribution in [3.05, 3.63) is 52.0 Å². The second kappa shape index (κ2) is 11.1. The van der Waals surface area contributed by atoms with Gasteiger partial charge in [0.15, 0.2) is 11.6 Å². The SMILES string of the molecule is COCC(=O)N(CC(=O)N1CCc2sccc2[C@@H]1COc1ccccc1F)C[C@@H]1CCCO1. The monoisotopic (exact) mass is 476 g/mol. The average Bonchev–Trinajstić information content (AvgIpc) is 3.50. The number of thiophene rings is 1. The maximum atomic E-state index is 14.1. The highest BCUT2D eigenvalue weighted by molar-refractivity contribution is 7.10. The van der Waals surface area contributed by atoms with Gasteiger partial charge in [0.05, 0.1) is 18.7 Å². The Bertz CT molecular complexity index is 962. The third kappa shape index (κ3) is 5.72. The van der Waals surface area contributed by atoms with Crippen LogP contribution in [0.4, 0.5) is 4.39 Å². The summed E-state index contributed by atoms with van der Waals surface area (Å²) in [5.41, 5.74) is 1.02. The topological polar surface area (TPSA) is 68.3 Å². The molecule has 1 fully saturated rings. The number of amides is 2. The third-order valence-corrected chi connectivity index (χ3v) is 7.04. The summed E-state index contributed by atoms with van der Waals surface area (Å²) < 4.78 is 30.6. The van der Waals surface area contributed by atoms with Crippen LogP contribution < -0.4 is 4.74 Å². The van der Waals surface area contributed by atoms with E-state index in [9.17, 15) is 14.0 Å². The van der Waals surface area contributed by atoms with Gasteiger partial charge in [0.1, 0.15) is 13.2 Å². The first-order valence-corrected chi connectivity index (χ1v) is 12.1. The molecule has 2 atom stereocenters. The van der Waals surface area contributed by atoms with Crippen LogP contribution in [0.2, 0.25) is 0 Å². The highest BCUT2D eigenvalue weighted by Crippen LogP contribution is 2.34. The fraction of sp³-hybridized carbons (Fsp3) is 0.500. The molecule has 0 radical (unpaired) electrons. The molecule has 178 valence electrons. The lowest BCUT2D eigenvalue weighted by molar-refractivity contribution is -0.145. The van der Waals surface area contributed by atoms with E-state index in [4.69, 9.17) is 14.2 Å². The Morgan fingerprint density at radius 2 is 2.15 bits per heavy atom. The van der Waals surface area contributed by atoms with Gasteiger partial charge in [0.25, 0.3) is 0 Å². The lowest BCUT2D eigenvalue weighted by Crippen LogP contribution is -2.49. The number of halogens is 1. The summed E-state index contributed by atoms with van der Waals surface area (Å²) >= 11 is 1.65. The zero-order valence-corrected chi connectivity index (χ0v) is 19.5. The Balaban J connectivity index is 1.49. The maximum absolute atomic E-state index is 14.1. The molecule has 0 spiro atoms. The summed E-state index contributed by atoms with van der Waals surface area (Å²) in [5, 5.41) is 2.00. The Labute approximate surface area is 197 Å². The summed E-state index contributed by atoms with van der Waals surface area (Å²) in [6.07, 6.45) is 2.50. The van der Waals surface area contributed by atoms with Crippen molar-refractivity contribution in [3.63, 3.8) is 0 Å². The molecular formula is C24H29FN2O5S. The molecule has 0 aliphatic carbocycles. The minimum absolute atomic E-state index is 0.0578. The van der Waals surface area contributed by atoms with Crippen LogP contribution in [0, 0.1) is 5.82 Å². The molecule has 3 heterocycles. The van der Waals surface area contributed by atoms with Crippen LogP contribution >= 0.6 is 11.3 Å². The van der Waals surface area contributed by atoms with Gasteiger partial charge in [-0.25, -0.2) is 4.39 Å². The van der Waals surface area contributed by atoms with Gasteiger partial charge in [-0.05, 0) is 48.4 Å². The normalized spacial score (nSPS) is 19.9. The number of para-hydroxylation sites is 1. The molecule has 0 unspecified atom stereocenters. The number of hydrogen-bond acceptors (Lipinski definition) is 6. The first kappa shape index (κ1) is 23.7. The number of benzene rings is 1.